The highest BCUT2D eigenvalue weighted by atomic mass is 16.2. The number of likely N-dealkylation sites (tertiary alicyclic amines) is 1. The zero-order valence-corrected chi connectivity index (χ0v) is 14.6. The van der Waals surface area contributed by atoms with E-state index in [9.17, 15) is 9.59 Å². The summed E-state index contributed by atoms with van der Waals surface area (Å²) in [4.78, 5) is 35.5. The molecule has 0 N–H and O–H groups in total. The molecule has 2 amide bonds. The average molecular weight is 342 g/mol. The van der Waals surface area contributed by atoms with Crippen molar-refractivity contribution in [1.82, 2.24) is 19.7 Å². The highest BCUT2D eigenvalue weighted by Gasteiger charge is 2.39. The predicted octanol–water partition coefficient (Wildman–Crippen LogP) is 0.984. The van der Waals surface area contributed by atoms with Crippen LogP contribution in [0.5, 0.6) is 0 Å². The summed E-state index contributed by atoms with van der Waals surface area (Å²) >= 11 is 0. The molecule has 4 rings (SSSR count). The van der Waals surface area contributed by atoms with Crippen molar-refractivity contribution in [2.75, 3.05) is 39.3 Å². The second kappa shape index (κ2) is 7.12. The Labute approximate surface area is 148 Å². The maximum atomic E-state index is 12.8. The minimum absolute atomic E-state index is 0.131. The van der Waals surface area contributed by atoms with Gasteiger partial charge in [0.2, 0.25) is 11.8 Å². The molecular weight excluding hydrogens is 316 g/mol. The first-order valence-corrected chi connectivity index (χ1v) is 9.38. The number of piperazine rings is 1. The topological polar surface area (TPSA) is 56.8 Å². The van der Waals surface area contributed by atoms with E-state index in [1.165, 1.54) is 12.8 Å². The largest absolute Gasteiger partial charge is 0.342 e. The summed E-state index contributed by atoms with van der Waals surface area (Å²) in [5, 5.41) is 0. The molecule has 1 saturated carbocycles. The number of carbonyl (C=O) groups excluding carboxylic acids is 2. The minimum atomic E-state index is -0.131. The van der Waals surface area contributed by atoms with Crippen LogP contribution < -0.4 is 0 Å². The Kier molecular flexibility index (Phi) is 4.70. The van der Waals surface area contributed by atoms with Crippen molar-refractivity contribution in [3.63, 3.8) is 0 Å². The summed E-state index contributed by atoms with van der Waals surface area (Å²) in [6, 6.07) is 5.97. The summed E-state index contributed by atoms with van der Waals surface area (Å²) in [5.41, 5.74) is 1.07. The molecule has 0 radical (unpaired) electrons. The number of hydrogen-bond donors (Lipinski definition) is 0. The molecule has 1 unspecified atom stereocenters. The van der Waals surface area contributed by atoms with Gasteiger partial charge < -0.3 is 9.80 Å². The van der Waals surface area contributed by atoms with Crippen LogP contribution in [-0.4, -0.2) is 70.8 Å². The van der Waals surface area contributed by atoms with Crippen molar-refractivity contribution < 1.29 is 9.59 Å². The van der Waals surface area contributed by atoms with Crippen LogP contribution in [-0.2, 0) is 16.1 Å². The molecule has 3 fully saturated rings. The minimum Gasteiger partial charge on any atom is -0.342 e. The number of nitrogens with zero attached hydrogens (tertiary/aromatic N) is 4. The van der Waals surface area contributed by atoms with E-state index in [4.69, 9.17) is 0 Å². The third-order valence-electron chi connectivity index (χ3n) is 5.53. The fourth-order valence-electron chi connectivity index (χ4n) is 3.83. The van der Waals surface area contributed by atoms with Crippen LogP contribution in [0.25, 0.3) is 0 Å². The molecule has 1 aromatic rings. The first kappa shape index (κ1) is 16.5. The van der Waals surface area contributed by atoms with Gasteiger partial charge in [-0.05, 0) is 30.9 Å². The summed E-state index contributed by atoms with van der Waals surface area (Å²) in [5.74, 6) is 0.893. The van der Waals surface area contributed by atoms with Crippen molar-refractivity contribution in [2.24, 2.45) is 11.8 Å². The highest BCUT2D eigenvalue weighted by Crippen LogP contribution is 2.32. The molecule has 2 saturated heterocycles. The number of hydrogen-bond acceptors (Lipinski definition) is 4. The van der Waals surface area contributed by atoms with E-state index in [-0.39, 0.29) is 17.7 Å². The Balaban J connectivity index is 1.26. The van der Waals surface area contributed by atoms with Crippen molar-refractivity contribution in [3.05, 3.63) is 30.1 Å². The van der Waals surface area contributed by atoms with Crippen LogP contribution in [0.1, 0.15) is 25.0 Å². The van der Waals surface area contributed by atoms with Crippen molar-refractivity contribution in [1.29, 1.82) is 0 Å². The third-order valence-corrected chi connectivity index (χ3v) is 5.53. The lowest BCUT2D eigenvalue weighted by Gasteiger charge is -2.35. The van der Waals surface area contributed by atoms with Gasteiger partial charge in [0, 0.05) is 58.4 Å². The lowest BCUT2D eigenvalue weighted by molar-refractivity contribution is -0.137. The van der Waals surface area contributed by atoms with Crippen LogP contribution in [0.3, 0.4) is 0 Å². The second-order valence-electron chi connectivity index (χ2n) is 7.57. The quantitative estimate of drug-likeness (QED) is 0.801. The monoisotopic (exact) mass is 342 g/mol. The van der Waals surface area contributed by atoms with E-state index in [0.717, 1.165) is 45.0 Å². The first-order valence-electron chi connectivity index (χ1n) is 9.38. The molecule has 1 aromatic heterocycles. The van der Waals surface area contributed by atoms with Gasteiger partial charge in [-0.2, -0.15) is 0 Å². The second-order valence-corrected chi connectivity index (χ2v) is 7.57. The van der Waals surface area contributed by atoms with Crippen LogP contribution in [0.4, 0.5) is 0 Å². The number of aromatic nitrogens is 1. The summed E-state index contributed by atoms with van der Waals surface area (Å²) in [6.07, 6.45) is 4.69. The third kappa shape index (κ3) is 4.00. The van der Waals surface area contributed by atoms with Crippen LogP contribution in [0.15, 0.2) is 24.4 Å². The van der Waals surface area contributed by atoms with Gasteiger partial charge in [0.1, 0.15) is 0 Å². The van der Waals surface area contributed by atoms with Crippen molar-refractivity contribution in [3.8, 4) is 0 Å². The fraction of sp³-hybridized carbons (Fsp3) is 0.632. The molecule has 1 atom stereocenters. The lowest BCUT2D eigenvalue weighted by Crippen LogP contribution is -2.50. The summed E-state index contributed by atoms with van der Waals surface area (Å²) in [7, 11) is 0. The molecule has 3 aliphatic rings. The Morgan fingerprint density at radius 1 is 1.16 bits per heavy atom. The van der Waals surface area contributed by atoms with E-state index < -0.39 is 0 Å². The van der Waals surface area contributed by atoms with Gasteiger partial charge in [0.05, 0.1) is 11.6 Å². The van der Waals surface area contributed by atoms with Gasteiger partial charge in [0.15, 0.2) is 0 Å². The first-order chi connectivity index (χ1) is 12.2. The normalized spacial score (nSPS) is 24.8. The zero-order chi connectivity index (χ0) is 17.2. The number of pyridine rings is 1. The zero-order valence-electron chi connectivity index (χ0n) is 14.6. The van der Waals surface area contributed by atoms with E-state index in [1.807, 2.05) is 34.2 Å². The molecule has 1 aliphatic carbocycles. The molecule has 6 heteroatoms. The van der Waals surface area contributed by atoms with Crippen LogP contribution in [0.2, 0.25) is 0 Å². The number of carbonyl (C=O) groups is 2. The van der Waals surface area contributed by atoms with Gasteiger partial charge in [-0.25, -0.2) is 0 Å². The average Bonchev–Trinajstić information content (AvgIpc) is 3.38. The van der Waals surface area contributed by atoms with Crippen molar-refractivity contribution in [2.45, 2.75) is 25.8 Å². The highest BCUT2D eigenvalue weighted by molar-refractivity contribution is 5.89. The van der Waals surface area contributed by atoms with Crippen LogP contribution in [0, 0.1) is 11.8 Å². The standard InChI is InChI=1S/C19H26N4O2/c24-18-11-16(13-23(18)12-15-4-5-15)19(25)22-9-7-21(8-10-22)14-17-3-1-2-6-20-17/h1-3,6,15-16H,4-5,7-14H2. The molecule has 25 heavy (non-hydrogen) atoms. The molecular formula is C19H26N4O2. The smallest absolute Gasteiger partial charge is 0.228 e. The Bertz CT molecular complexity index is 624. The molecule has 6 nitrogen and oxygen atoms in total. The molecule has 134 valence electrons. The Hall–Kier alpha value is -1.95. The molecule has 0 bridgehead atoms. The predicted molar refractivity (Wildman–Crippen MR) is 93.5 cm³/mol. The van der Waals surface area contributed by atoms with Gasteiger partial charge >= 0.3 is 0 Å². The summed E-state index contributed by atoms with van der Waals surface area (Å²) < 4.78 is 0. The van der Waals surface area contributed by atoms with E-state index >= 15 is 0 Å². The van der Waals surface area contributed by atoms with E-state index in [1.54, 1.807) is 0 Å². The molecule has 2 aliphatic heterocycles. The Morgan fingerprint density at radius 2 is 1.96 bits per heavy atom. The lowest BCUT2D eigenvalue weighted by atomic mass is 10.1. The SMILES string of the molecule is O=C1CC(C(=O)N2CCN(Cc3ccccn3)CC2)CN1CC1CC1. The number of rotatable bonds is 5. The van der Waals surface area contributed by atoms with E-state index in [2.05, 4.69) is 9.88 Å². The maximum absolute atomic E-state index is 12.8. The number of amides is 2. The van der Waals surface area contributed by atoms with Crippen molar-refractivity contribution >= 4 is 11.8 Å². The molecule has 3 heterocycles. The van der Waals surface area contributed by atoms with Gasteiger partial charge in [-0.3, -0.25) is 19.5 Å². The van der Waals surface area contributed by atoms with E-state index in [0.29, 0.717) is 18.9 Å². The maximum Gasteiger partial charge on any atom is 0.228 e. The summed E-state index contributed by atoms with van der Waals surface area (Å²) in [6.45, 7) is 5.56. The molecule has 0 spiro atoms. The Morgan fingerprint density at radius 3 is 2.64 bits per heavy atom. The van der Waals surface area contributed by atoms with Gasteiger partial charge in [-0.1, -0.05) is 6.07 Å². The van der Waals surface area contributed by atoms with Gasteiger partial charge in [-0.15, -0.1) is 0 Å². The van der Waals surface area contributed by atoms with Gasteiger partial charge in [0.25, 0.3) is 0 Å². The fourth-order valence-corrected chi connectivity index (χ4v) is 3.83. The van der Waals surface area contributed by atoms with Crippen LogP contribution >= 0.6 is 0 Å². The molecule has 0 aromatic carbocycles.